The van der Waals surface area contributed by atoms with Gasteiger partial charge in [0.15, 0.2) is 0 Å². The molecule has 106 valence electrons. The zero-order valence-corrected chi connectivity index (χ0v) is 9.25. The van der Waals surface area contributed by atoms with Crippen molar-refractivity contribution in [3.8, 4) is 0 Å². The average Bonchev–Trinajstić information content (AvgIpc) is 2.15. The number of rotatable bonds is 5. The normalized spacial score (nSPS) is 19.8. The molecule has 2 N–H and O–H groups in total. The van der Waals surface area contributed by atoms with E-state index in [0.29, 0.717) is 0 Å². The van der Waals surface area contributed by atoms with Crippen LogP contribution in [0, 0.1) is 0 Å². The molecule has 0 saturated heterocycles. The largest absolute Gasteiger partial charge is 0.478 e. The summed E-state index contributed by atoms with van der Waals surface area (Å²) in [6.07, 6.45) is 0. The van der Waals surface area contributed by atoms with Crippen molar-refractivity contribution < 1.29 is 46.1 Å². The van der Waals surface area contributed by atoms with Gasteiger partial charge in [-0.2, -0.15) is 17.6 Å². The Bertz CT molecular complexity index is 346. The van der Waals surface area contributed by atoms with Crippen LogP contribution in [0.15, 0.2) is 0 Å². The van der Waals surface area contributed by atoms with Gasteiger partial charge in [0.2, 0.25) is 0 Å². The van der Waals surface area contributed by atoms with E-state index in [1.54, 1.807) is 0 Å². The number of carboxylic acids is 2. The molecule has 0 aromatic rings. The van der Waals surface area contributed by atoms with Gasteiger partial charge in [-0.05, 0) is 0 Å². The Morgan fingerprint density at radius 1 is 0.833 bits per heavy atom. The molecule has 0 aliphatic carbocycles. The Morgan fingerprint density at radius 3 is 1.39 bits per heavy atom. The molecule has 2 unspecified atom stereocenters. The molecule has 0 fully saturated rings. The first-order chi connectivity index (χ1) is 7.64. The highest BCUT2D eigenvalue weighted by Gasteiger charge is 2.82. The molecule has 0 radical (unpaired) electrons. The third kappa shape index (κ3) is 2.07. The lowest BCUT2D eigenvalue weighted by molar-refractivity contribution is -0.244. The third-order valence-corrected chi connectivity index (χ3v) is 2.59. The van der Waals surface area contributed by atoms with E-state index in [1.807, 2.05) is 0 Å². The zero-order chi connectivity index (χ0) is 15.2. The number of hydrogen-bond acceptors (Lipinski definition) is 2. The van der Waals surface area contributed by atoms with E-state index in [1.165, 1.54) is 0 Å². The van der Waals surface area contributed by atoms with Crippen LogP contribution in [-0.2, 0) is 9.59 Å². The van der Waals surface area contributed by atoms with Crippen molar-refractivity contribution in [3.63, 3.8) is 0 Å². The summed E-state index contributed by atoms with van der Waals surface area (Å²) >= 11 is 8.10. The fourth-order valence-electron chi connectivity index (χ4n) is 0.663. The molecule has 4 nitrogen and oxygen atoms in total. The molecule has 18 heavy (non-hydrogen) atoms. The molecule has 0 heterocycles. The van der Waals surface area contributed by atoms with Gasteiger partial charge in [-0.3, -0.25) is 0 Å². The van der Waals surface area contributed by atoms with Crippen LogP contribution in [-0.4, -0.2) is 44.3 Å². The minimum absolute atomic E-state index is 3.22. The van der Waals surface area contributed by atoms with Gasteiger partial charge in [-0.25, -0.2) is 18.4 Å². The van der Waals surface area contributed by atoms with Crippen molar-refractivity contribution in [3.05, 3.63) is 0 Å². The second-order valence-electron chi connectivity index (χ2n) is 2.91. The highest BCUT2D eigenvalue weighted by molar-refractivity contribution is 6.35. The van der Waals surface area contributed by atoms with Crippen LogP contribution in [0.2, 0.25) is 0 Å². The van der Waals surface area contributed by atoms with E-state index in [4.69, 9.17) is 10.2 Å². The quantitative estimate of drug-likeness (QED) is 0.601. The third-order valence-electron chi connectivity index (χ3n) is 1.72. The van der Waals surface area contributed by atoms with E-state index in [-0.39, 0.29) is 0 Å². The van der Waals surface area contributed by atoms with Gasteiger partial charge in [0.05, 0.1) is 0 Å². The number of carboxylic acid groups (broad SMARTS) is 2. The predicted molar refractivity (Wildman–Crippen MR) is 44.5 cm³/mol. The molecule has 2 atom stereocenters. The first-order valence-electron chi connectivity index (χ1n) is 3.62. The molecule has 0 rings (SSSR count). The topological polar surface area (TPSA) is 74.6 Å². The number of carbonyl (C=O) groups is 2. The monoisotopic (exact) mass is 322 g/mol. The number of alkyl halides is 8. The van der Waals surface area contributed by atoms with Crippen LogP contribution in [0.3, 0.4) is 0 Å². The maximum Gasteiger partial charge on any atom is 0.395 e. The minimum atomic E-state index is -6.25. The molecule has 0 saturated carbocycles. The Kier molecular flexibility index (Phi) is 4.12. The smallest absolute Gasteiger partial charge is 0.395 e. The second-order valence-corrected chi connectivity index (χ2v) is 3.95. The SMILES string of the molecule is O=C(O)C(F)(F)C(F)(Cl)C(F)(F)C(F)(Cl)C(=O)O. The average molecular weight is 323 g/mol. The van der Waals surface area contributed by atoms with Gasteiger partial charge in [-0.1, -0.05) is 23.2 Å². The molecule has 0 aliphatic rings. The predicted octanol–water partition coefficient (Wildman–Crippen LogP) is 2.24. The summed E-state index contributed by atoms with van der Waals surface area (Å²) in [6.45, 7) is 0. The summed E-state index contributed by atoms with van der Waals surface area (Å²) in [5.41, 5.74) is 0. The van der Waals surface area contributed by atoms with Crippen molar-refractivity contribution in [1.29, 1.82) is 0 Å². The van der Waals surface area contributed by atoms with E-state index in [0.717, 1.165) is 0 Å². The molecule has 0 spiro atoms. The maximum atomic E-state index is 13.0. The lowest BCUT2D eigenvalue weighted by Gasteiger charge is -2.35. The van der Waals surface area contributed by atoms with Gasteiger partial charge in [0.25, 0.3) is 0 Å². The highest BCUT2D eigenvalue weighted by atomic mass is 35.5. The zero-order valence-electron chi connectivity index (χ0n) is 7.73. The number of aliphatic carboxylic acids is 2. The summed E-state index contributed by atoms with van der Waals surface area (Å²) in [4.78, 5) is 19.9. The maximum absolute atomic E-state index is 13.0. The fourth-order valence-corrected chi connectivity index (χ4v) is 1.05. The van der Waals surface area contributed by atoms with Gasteiger partial charge in [-0.15, -0.1) is 0 Å². The Morgan fingerprint density at radius 2 is 1.17 bits per heavy atom. The summed E-state index contributed by atoms with van der Waals surface area (Å²) < 4.78 is 77.0. The van der Waals surface area contributed by atoms with Crippen LogP contribution in [0.1, 0.15) is 0 Å². The summed E-state index contributed by atoms with van der Waals surface area (Å²) in [5, 5.41) is 4.49. The second kappa shape index (κ2) is 4.34. The minimum Gasteiger partial charge on any atom is -0.478 e. The first kappa shape index (κ1) is 17.1. The van der Waals surface area contributed by atoms with Gasteiger partial charge < -0.3 is 10.2 Å². The van der Waals surface area contributed by atoms with Crippen molar-refractivity contribution in [2.45, 2.75) is 22.1 Å². The molecule has 0 bridgehead atoms. The molecule has 0 aromatic heterocycles. The van der Waals surface area contributed by atoms with Crippen molar-refractivity contribution in [1.82, 2.24) is 0 Å². The van der Waals surface area contributed by atoms with E-state index >= 15 is 0 Å². The number of hydrogen-bond donors (Lipinski definition) is 2. The molecule has 0 aliphatic heterocycles. The van der Waals surface area contributed by atoms with Crippen molar-refractivity contribution >= 4 is 35.1 Å². The van der Waals surface area contributed by atoms with Crippen molar-refractivity contribution in [2.24, 2.45) is 0 Å². The van der Waals surface area contributed by atoms with Crippen LogP contribution >= 0.6 is 23.2 Å². The van der Waals surface area contributed by atoms with Crippen LogP contribution < -0.4 is 0 Å². The van der Waals surface area contributed by atoms with Crippen LogP contribution in [0.25, 0.3) is 0 Å². The molecule has 12 heteroatoms. The summed E-state index contributed by atoms with van der Waals surface area (Å²) in [6, 6.07) is 0. The van der Waals surface area contributed by atoms with E-state index in [2.05, 4.69) is 23.2 Å². The number of halogens is 8. The molecular formula is C6H2Cl2F6O4. The van der Waals surface area contributed by atoms with Gasteiger partial charge in [0.1, 0.15) is 0 Å². The van der Waals surface area contributed by atoms with E-state index < -0.39 is 34.0 Å². The lowest BCUT2D eigenvalue weighted by atomic mass is 10.0. The standard InChI is InChI=1S/C6H2Cl2F6O4/c7-3(9,1(15)16)6(13,14)5(8,12)4(10,11)2(17)18/h(H,15,16)(H,17,18). The summed E-state index contributed by atoms with van der Waals surface area (Å²) in [7, 11) is 0. The van der Waals surface area contributed by atoms with E-state index in [9.17, 15) is 35.9 Å². The molecule has 0 aromatic carbocycles. The first-order valence-corrected chi connectivity index (χ1v) is 4.37. The molecular weight excluding hydrogens is 321 g/mol. The summed E-state index contributed by atoms with van der Waals surface area (Å²) in [5.74, 6) is -18.9. The van der Waals surface area contributed by atoms with Crippen LogP contribution in [0.4, 0.5) is 26.3 Å². The van der Waals surface area contributed by atoms with Crippen LogP contribution in [0.5, 0.6) is 0 Å². The lowest BCUT2D eigenvalue weighted by Crippen LogP contribution is -2.65. The van der Waals surface area contributed by atoms with Crippen molar-refractivity contribution in [2.75, 3.05) is 0 Å². The van der Waals surface area contributed by atoms with Gasteiger partial charge in [0, 0.05) is 0 Å². The highest BCUT2D eigenvalue weighted by Crippen LogP contribution is 2.54. The van der Waals surface area contributed by atoms with Gasteiger partial charge >= 0.3 is 34.0 Å². The molecule has 0 amide bonds. The fraction of sp³-hybridized carbons (Fsp3) is 0.667. The Hall–Kier alpha value is -0.900. The Labute approximate surface area is 104 Å². The Balaban J connectivity index is 5.89.